The molecule has 0 radical (unpaired) electrons. The Morgan fingerprint density at radius 2 is 0.606 bits per heavy atom. The minimum atomic E-state index is 0.706. The zero-order chi connectivity index (χ0) is 46.2. The van der Waals surface area contributed by atoms with Gasteiger partial charge in [0, 0.05) is 34.1 Å². The molecule has 0 amide bonds. The number of aryl methyl sites for hydroxylation is 4. The van der Waals surface area contributed by atoms with E-state index in [1.807, 2.05) is 36.4 Å². The molecule has 6 nitrogen and oxygen atoms in total. The van der Waals surface area contributed by atoms with Crippen LogP contribution in [-0.4, -0.2) is 28.4 Å². The number of hydrogen-bond donors (Lipinski definition) is 0. The normalized spacial score (nSPS) is 11.2. The molecule has 0 fully saturated rings. The number of methoxy groups -OCH3 is 4. The Bertz CT molecular complexity index is 2780. The molecule has 8 rings (SSSR count). The largest absolute Gasteiger partial charge is 0.493 e. The van der Waals surface area contributed by atoms with Crippen LogP contribution >= 0.6 is 0 Å². The van der Waals surface area contributed by atoms with Crippen molar-refractivity contribution in [3.05, 3.63) is 214 Å². The molecule has 0 heterocycles. The van der Waals surface area contributed by atoms with Crippen molar-refractivity contribution < 1.29 is 18.9 Å². The summed E-state index contributed by atoms with van der Waals surface area (Å²) in [5.74, 6) is 2.84. The van der Waals surface area contributed by atoms with E-state index in [0.717, 1.165) is 67.5 Å². The van der Waals surface area contributed by atoms with Crippen LogP contribution in [0.4, 0.5) is 34.1 Å². The summed E-state index contributed by atoms with van der Waals surface area (Å²) in [7, 11) is 6.61. The monoisotopic (exact) mass is 868 g/mol. The lowest BCUT2D eigenvalue weighted by molar-refractivity contribution is 0.355. The van der Waals surface area contributed by atoms with E-state index in [9.17, 15) is 0 Å². The van der Waals surface area contributed by atoms with E-state index in [0.29, 0.717) is 23.0 Å². The van der Waals surface area contributed by atoms with Crippen molar-refractivity contribution in [3.8, 4) is 34.1 Å². The SMILES string of the molecule is COc1ccc(/C=C/c2ccc(N(c3ccc(-c4ccc(N(c5ccc(/C=C/c6ccc(OC)c(OC)c6)cc5)c5ccc(C)cc5C)cc4)cc3)c3ccc(C)cc3C)cc2)cc1OC. The Morgan fingerprint density at radius 1 is 0.303 bits per heavy atom. The van der Waals surface area contributed by atoms with Crippen LogP contribution in [0.15, 0.2) is 170 Å². The fourth-order valence-corrected chi connectivity index (χ4v) is 8.34. The summed E-state index contributed by atoms with van der Waals surface area (Å²) in [6.45, 7) is 8.64. The van der Waals surface area contributed by atoms with Gasteiger partial charge in [-0.2, -0.15) is 0 Å². The average Bonchev–Trinajstić information content (AvgIpc) is 3.35. The van der Waals surface area contributed by atoms with Gasteiger partial charge in [0.1, 0.15) is 0 Å². The third-order valence-electron chi connectivity index (χ3n) is 11.8. The molecule has 0 saturated carbocycles. The smallest absolute Gasteiger partial charge is 0.161 e. The summed E-state index contributed by atoms with van der Waals surface area (Å²) < 4.78 is 21.9. The van der Waals surface area contributed by atoms with Gasteiger partial charge >= 0.3 is 0 Å². The number of benzene rings is 8. The first-order valence-corrected chi connectivity index (χ1v) is 22.1. The predicted molar refractivity (Wildman–Crippen MR) is 277 cm³/mol. The number of rotatable bonds is 15. The second-order valence-corrected chi connectivity index (χ2v) is 16.4. The number of hydrogen-bond acceptors (Lipinski definition) is 6. The highest BCUT2D eigenvalue weighted by Crippen LogP contribution is 2.41. The molecule has 66 heavy (non-hydrogen) atoms. The topological polar surface area (TPSA) is 43.4 Å². The molecule has 0 aliphatic heterocycles. The van der Waals surface area contributed by atoms with Crippen molar-refractivity contribution in [3.63, 3.8) is 0 Å². The number of nitrogens with zero attached hydrogens (tertiary/aromatic N) is 2. The zero-order valence-corrected chi connectivity index (χ0v) is 39.0. The average molecular weight is 869 g/mol. The van der Waals surface area contributed by atoms with E-state index in [1.54, 1.807) is 28.4 Å². The van der Waals surface area contributed by atoms with E-state index < -0.39 is 0 Å². The Kier molecular flexibility index (Phi) is 13.7. The van der Waals surface area contributed by atoms with Gasteiger partial charge in [-0.25, -0.2) is 0 Å². The van der Waals surface area contributed by atoms with Crippen LogP contribution in [0.1, 0.15) is 44.5 Å². The molecule has 0 aliphatic carbocycles. The van der Waals surface area contributed by atoms with Crippen molar-refractivity contribution >= 4 is 58.4 Å². The van der Waals surface area contributed by atoms with E-state index in [4.69, 9.17) is 18.9 Å². The maximum Gasteiger partial charge on any atom is 0.161 e. The summed E-state index contributed by atoms with van der Waals surface area (Å²) in [6, 6.07) is 60.3. The summed E-state index contributed by atoms with van der Waals surface area (Å²) >= 11 is 0. The first kappa shape index (κ1) is 44.6. The van der Waals surface area contributed by atoms with Gasteiger partial charge in [-0.3, -0.25) is 0 Å². The van der Waals surface area contributed by atoms with Crippen LogP contribution in [0.5, 0.6) is 23.0 Å². The highest BCUT2D eigenvalue weighted by Gasteiger charge is 2.17. The third-order valence-corrected chi connectivity index (χ3v) is 11.8. The van der Waals surface area contributed by atoms with Crippen LogP contribution < -0.4 is 28.7 Å². The molecule has 0 atom stereocenters. The minimum absolute atomic E-state index is 0.706. The van der Waals surface area contributed by atoms with Crippen LogP contribution in [0.2, 0.25) is 0 Å². The standard InChI is InChI=1S/C60H56N2O4/c1-41-9-33-55(43(3)37-41)61(51-25-15-45(16-26-51)11-13-47-19-35-57(63-5)59(39-47)65-7)53-29-21-49(22-30-53)50-23-31-54(32-24-50)62(56-34-10-42(2)38-44(56)4)52-27-17-46(18-28-52)12-14-48-20-36-58(64-6)60(40-48)66-8/h9-40H,1-8H3/b13-11+,14-12+. The highest BCUT2D eigenvalue weighted by molar-refractivity contribution is 5.84. The molecule has 6 heteroatoms. The molecular weight excluding hydrogens is 813 g/mol. The lowest BCUT2D eigenvalue weighted by Crippen LogP contribution is -2.11. The summed E-state index contributed by atoms with van der Waals surface area (Å²) in [6.07, 6.45) is 8.41. The van der Waals surface area contributed by atoms with Gasteiger partial charge in [0.2, 0.25) is 0 Å². The Hall–Kier alpha value is -7.96. The Balaban J connectivity index is 1.05. The number of ether oxygens (including phenoxy) is 4. The highest BCUT2D eigenvalue weighted by atomic mass is 16.5. The van der Waals surface area contributed by atoms with Crippen molar-refractivity contribution in [2.45, 2.75) is 27.7 Å². The van der Waals surface area contributed by atoms with Gasteiger partial charge < -0.3 is 28.7 Å². The Labute approximate surface area is 390 Å². The fraction of sp³-hybridized carbons (Fsp3) is 0.133. The molecule has 0 unspecified atom stereocenters. The van der Waals surface area contributed by atoms with Gasteiger partial charge in [-0.05, 0) is 157 Å². The predicted octanol–water partition coefficient (Wildman–Crippen LogP) is 15.9. The summed E-state index contributed by atoms with van der Waals surface area (Å²) in [5.41, 5.74) is 18.0. The van der Waals surface area contributed by atoms with E-state index in [-0.39, 0.29) is 0 Å². The van der Waals surface area contributed by atoms with Crippen molar-refractivity contribution in [1.82, 2.24) is 0 Å². The quantitative estimate of drug-likeness (QED) is 0.0957. The van der Waals surface area contributed by atoms with Crippen LogP contribution in [-0.2, 0) is 0 Å². The molecule has 8 aromatic carbocycles. The van der Waals surface area contributed by atoms with Gasteiger partial charge in [0.25, 0.3) is 0 Å². The molecule has 0 bridgehead atoms. The maximum atomic E-state index is 5.51. The molecule has 0 N–H and O–H groups in total. The lowest BCUT2D eigenvalue weighted by Gasteiger charge is -2.28. The maximum absolute atomic E-state index is 5.51. The minimum Gasteiger partial charge on any atom is -0.493 e. The second-order valence-electron chi connectivity index (χ2n) is 16.4. The molecule has 0 aliphatic rings. The van der Waals surface area contributed by atoms with Crippen molar-refractivity contribution in [2.75, 3.05) is 38.2 Å². The van der Waals surface area contributed by atoms with Gasteiger partial charge in [-0.1, -0.05) is 120 Å². The van der Waals surface area contributed by atoms with E-state index in [1.165, 1.54) is 22.3 Å². The summed E-state index contributed by atoms with van der Waals surface area (Å²) in [5, 5.41) is 0. The molecular formula is C60H56N2O4. The third kappa shape index (κ3) is 10.0. The first-order valence-electron chi connectivity index (χ1n) is 22.1. The Morgan fingerprint density at radius 3 is 0.924 bits per heavy atom. The molecule has 8 aromatic rings. The summed E-state index contributed by atoms with van der Waals surface area (Å²) in [4.78, 5) is 4.67. The zero-order valence-electron chi connectivity index (χ0n) is 39.0. The van der Waals surface area contributed by atoms with Crippen molar-refractivity contribution in [1.29, 1.82) is 0 Å². The number of anilines is 6. The van der Waals surface area contributed by atoms with Gasteiger partial charge in [0.05, 0.1) is 28.4 Å². The van der Waals surface area contributed by atoms with E-state index >= 15 is 0 Å². The van der Waals surface area contributed by atoms with Crippen molar-refractivity contribution in [2.24, 2.45) is 0 Å². The van der Waals surface area contributed by atoms with Gasteiger partial charge in [-0.15, -0.1) is 0 Å². The van der Waals surface area contributed by atoms with Crippen LogP contribution in [0.25, 0.3) is 35.4 Å². The molecule has 0 spiro atoms. The molecule has 0 aromatic heterocycles. The lowest BCUT2D eigenvalue weighted by atomic mass is 10.0. The van der Waals surface area contributed by atoms with Gasteiger partial charge in [0.15, 0.2) is 23.0 Å². The van der Waals surface area contributed by atoms with E-state index in [2.05, 4.69) is 195 Å². The first-order chi connectivity index (χ1) is 32.1. The molecule has 0 saturated heterocycles. The second kappa shape index (κ2) is 20.3. The van der Waals surface area contributed by atoms with Crippen LogP contribution in [0, 0.1) is 27.7 Å². The van der Waals surface area contributed by atoms with Crippen LogP contribution in [0.3, 0.4) is 0 Å². The fourth-order valence-electron chi connectivity index (χ4n) is 8.34. The molecule has 330 valence electrons.